The van der Waals surface area contributed by atoms with Gasteiger partial charge in [-0.25, -0.2) is 0 Å². The molecular weight excluding hydrogens is 150 g/mol. The molecule has 2 fully saturated rings. The second kappa shape index (κ2) is 3.73. The number of nitrogens with one attached hydrogen (secondary N) is 1. The smallest absolute Gasteiger partial charge is 0.0728 e. The predicted octanol–water partition coefficient (Wildman–Crippen LogP) is -0.0567. The topological polar surface area (TPSA) is 18.5 Å². The van der Waals surface area contributed by atoms with Crippen molar-refractivity contribution in [3.05, 3.63) is 0 Å². The van der Waals surface area contributed by atoms with Crippen molar-refractivity contribution in [2.24, 2.45) is 0 Å². The fourth-order valence-electron chi connectivity index (χ4n) is 2.17. The molecule has 1 atom stereocenters. The summed E-state index contributed by atoms with van der Waals surface area (Å²) < 4.78 is 0. The van der Waals surface area contributed by atoms with E-state index in [1.807, 2.05) is 0 Å². The number of hydrogen-bond donors (Lipinski definition) is 1. The molecule has 0 aromatic rings. The molecule has 2 saturated heterocycles. The minimum absolute atomic E-state index is 0.631. The summed E-state index contributed by atoms with van der Waals surface area (Å²) in [5.41, 5.74) is 0. The molecule has 3 heteroatoms. The average Bonchev–Trinajstić information content (AvgIpc) is 2.56. The normalized spacial score (nSPS) is 34.2. The Hall–Kier alpha value is -0.120. The minimum Gasteiger partial charge on any atom is -0.302 e. The number of nitrogens with zero attached hydrogens (tertiary/aromatic N) is 2. The Morgan fingerprint density at radius 1 is 1.17 bits per heavy atom. The molecule has 1 unspecified atom stereocenters. The zero-order valence-electron chi connectivity index (χ0n) is 7.92. The highest BCUT2D eigenvalue weighted by Crippen LogP contribution is 2.12. The second-order valence-corrected chi connectivity index (χ2v) is 3.98. The SMILES string of the molecule is CN1CCNC(N2CCCC2)C1. The Morgan fingerprint density at radius 3 is 2.58 bits per heavy atom. The van der Waals surface area contributed by atoms with E-state index >= 15 is 0 Å². The van der Waals surface area contributed by atoms with Crippen LogP contribution in [-0.4, -0.2) is 55.7 Å². The Bertz CT molecular complexity index is 143. The van der Waals surface area contributed by atoms with Gasteiger partial charge >= 0.3 is 0 Å². The minimum atomic E-state index is 0.631. The zero-order valence-corrected chi connectivity index (χ0v) is 7.92. The van der Waals surface area contributed by atoms with Crippen LogP contribution < -0.4 is 5.32 Å². The van der Waals surface area contributed by atoms with E-state index in [2.05, 4.69) is 22.2 Å². The average molecular weight is 169 g/mol. The van der Waals surface area contributed by atoms with E-state index in [-0.39, 0.29) is 0 Å². The van der Waals surface area contributed by atoms with Crippen LogP contribution in [0.25, 0.3) is 0 Å². The number of likely N-dealkylation sites (tertiary alicyclic amines) is 1. The lowest BCUT2D eigenvalue weighted by molar-refractivity contribution is 0.118. The predicted molar refractivity (Wildman–Crippen MR) is 50.1 cm³/mol. The van der Waals surface area contributed by atoms with Gasteiger partial charge in [0.25, 0.3) is 0 Å². The van der Waals surface area contributed by atoms with Crippen LogP contribution in [0.2, 0.25) is 0 Å². The Kier molecular flexibility index (Phi) is 2.63. The fourth-order valence-corrected chi connectivity index (χ4v) is 2.17. The molecule has 0 aromatic carbocycles. The summed E-state index contributed by atoms with van der Waals surface area (Å²) in [5.74, 6) is 0. The highest BCUT2D eigenvalue weighted by atomic mass is 15.3. The molecule has 2 heterocycles. The summed E-state index contributed by atoms with van der Waals surface area (Å²) in [6.07, 6.45) is 3.41. The fraction of sp³-hybridized carbons (Fsp3) is 1.00. The van der Waals surface area contributed by atoms with E-state index < -0.39 is 0 Å². The van der Waals surface area contributed by atoms with Crippen LogP contribution in [0.1, 0.15) is 12.8 Å². The van der Waals surface area contributed by atoms with E-state index in [9.17, 15) is 0 Å². The summed E-state index contributed by atoms with van der Waals surface area (Å²) in [7, 11) is 2.21. The van der Waals surface area contributed by atoms with Gasteiger partial charge in [-0.3, -0.25) is 10.2 Å². The summed E-state index contributed by atoms with van der Waals surface area (Å²) >= 11 is 0. The molecule has 0 aliphatic carbocycles. The monoisotopic (exact) mass is 169 g/mol. The molecular formula is C9H19N3. The summed E-state index contributed by atoms with van der Waals surface area (Å²) in [6.45, 7) is 6.14. The quantitative estimate of drug-likeness (QED) is 0.593. The molecule has 0 bridgehead atoms. The zero-order chi connectivity index (χ0) is 8.39. The second-order valence-electron chi connectivity index (χ2n) is 3.98. The molecule has 0 aromatic heterocycles. The van der Waals surface area contributed by atoms with Crippen molar-refractivity contribution in [1.82, 2.24) is 15.1 Å². The maximum absolute atomic E-state index is 3.58. The van der Waals surface area contributed by atoms with Crippen molar-refractivity contribution in [3.63, 3.8) is 0 Å². The maximum atomic E-state index is 3.58. The first-order valence-electron chi connectivity index (χ1n) is 5.02. The van der Waals surface area contributed by atoms with Crippen LogP contribution in [0.5, 0.6) is 0 Å². The van der Waals surface area contributed by atoms with Gasteiger partial charge in [0.2, 0.25) is 0 Å². The van der Waals surface area contributed by atoms with Crippen LogP contribution in [0.15, 0.2) is 0 Å². The van der Waals surface area contributed by atoms with Crippen LogP contribution in [0.4, 0.5) is 0 Å². The molecule has 3 nitrogen and oxygen atoms in total. The number of rotatable bonds is 1. The third kappa shape index (κ3) is 1.79. The summed E-state index contributed by atoms with van der Waals surface area (Å²) in [5, 5.41) is 3.58. The van der Waals surface area contributed by atoms with Crippen molar-refractivity contribution in [2.75, 3.05) is 39.8 Å². The van der Waals surface area contributed by atoms with E-state index in [0.29, 0.717) is 6.17 Å². The van der Waals surface area contributed by atoms with E-state index in [0.717, 1.165) is 6.54 Å². The molecule has 0 spiro atoms. The number of piperazine rings is 1. The standard InChI is InChI=1S/C9H19N3/c1-11-7-4-10-9(8-11)12-5-2-3-6-12/h9-10H,2-8H2,1H3. The summed E-state index contributed by atoms with van der Waals surface area (Å²) in [4.78, 5) is 5.00. The molecule has 70 valence electrons. The van der Waals surface area contributed by atoms with Crippen LogP contribution in [0, 0.1) is 0 Å². The van der Waals surface area contributed by atoms with Gasteiger partial charge in [-0.2, -0.15) is 0 Å². The van der Waals surface area contributed by atoms with E-state index in [1.165, 1.54) is 39.0 Å². The van der Waals surface area contributed by atoms with Crippen molar-refractivity contribution >= 4 is 0 Å². The molecule has 0 saturated carbocycles. The summed E-state index contributed by atoms with van der Waals surface area (Å²) in [6, 6.07) is 0. The van der Waals surface area contributed by atoms with Crippen molar-refractivity contribution in [3.8, 4) is 0 Å². The van der Waals surface area contributed by atoms with Gasteiger partial charge in [0.1, 0.15) is 0 Å². The Labute approximate surface area is 74.7 Å². The Balaban J connectivity index is 1.85. The van der Waals surface area contributed by atoms with Gasteiger partial charge in [0.15, 0.2) is 0 Å². The van der Waals surface area contributed by atoms with Crippen LogP contribution >= 0.6 is 0 Å². The van der Waals surface area contributed by atoms with Gasteiger partial charge in [0.05, 0.1) is 6.17 Å². The molecule has 2 rings (SSSR count). The Morgan fingerprint density at radius 2 is 1.92 bits per heavy atom. The lowest BCUT2D eigenvalue weighted by Crippen LogP contribution is -2.56. The molecule has 12 heavy (non-hydrogen) atoms. The highest BCUT2D eigenvalue weighted by Gasteiger charge is 2.24. The molecule has 2 aliphatic rings. The molecule has 1 N–H and O–H groups in total. The van der Waals surface area contributed by atoms with E-state index in [1.54, 1.807) is 0 Å². The van der Waals surface area contributed by atoms with Crippen LogP contribution in [-0.2, 0) is 0 Å². The van der Waals surface area contributed by atoms with Crippen molar-refractivity contribution in [2.45, 2.75) is 19.0 Å². The van der Waals surface area contributed by atoms with Crippen LogP contribution in [0.3, 0.4) is 0 Å². The maximum Gasteiger partial charge on any atom is 0.0728 e. The first kappa shape index (κ1) is 8.48. The molecule has 2 aliphatic heterocycles. The third-order valence-corrected chi connectivity index (χ3v) is 2.94. The van der Waals surface area contributed by atoms with Gasteiger partial charge in [0, 0.05) is 19.6 Å². The molecule has 0 radical (unpaired) electrons. The number of hydrogen-bond acceptors (Lipinski definition) is 3. The first-order chi connectivity index (χ1) is 5.86. The lowest BCUT2D eigenvalue weighted by atomic mass is 10.3. The van der Waals surface area contributed by atoms with E-state index in [4.69, 9.17) is 0 Å². The number of likely N-dealkylation sites (N-methyl/N-ethyl adjacent to an activating group) is 1. The lowest BCUT2D eigenvalue weighted by Gasteiger charge is -2.36. The van der Waals surface area contributed by atoms with Gasteiger partial charge < -0.3 is 4.90 Å². The third-order valence-electron chi connectivity index (χ3n) is 2.94. The van der Waals surface area contributed by atoms with Gasteiger partial charge in [-0.05, 0) is 33.0 Å². The van der Waals surface area contributed by atoms with Gasteiger partial charge in [-0.15, -0.1) is 0 Å². The highest BCUT2D eigenvalue weighted by molar-refractivity contribution is 4.80. The largest absolute Gasteiger partial charge is 0.302 e. The van der Waals surface area contributed by atoms with Crippen molar-refractivity contribution < 1.29 is 0 Å². The first-order valence-corrected chi connectivity index (χ1v) is 5.02. The molecule has 0 amide bonds. The van der Waals surface area contributed by atoms with Crippen molar-refractivity contribution in [1.29, 1.82) is 0 Å². The van der Waals surface area contributed by atoms with Gasteiger partial charge in [-0.1, -0.05) is 0 Å².